The van der Waals surface area contributed by atoms with Gasteiger partial charge in [-0.05, 0) is 48.4 Å². The standard InChI is InChI=1S/C29H27N2O10P/c1-19-25-24(16-17-32)28(33)30(25)26(29(34)38-18-20-12-14-21(15-13-20)31(35)36)27(19)41-42(37,39-22-8-4-2-5-9-22)40-23-10-6-3-7-11-23/h2-15,19,24-25,32H,16-18H2,1H3/t19-,24+,25-/m1/s1. The van der Waals surface area contributed by atoms with E-state index in [0.717, 1.165) is 0 Å². The van der Waals surface area contributed by atoms with Crippen molar-refractivity contribution in [1.29, 1.82) is 0 Å². The Balaban J connectivity index is 1.47. The maximum atomic E-state index is 14.2. The number of hydrogen-bond acceptors (Lipinski definition) is 10. The molecule has 3 atom stereocenters. The molecule has 2 aliphatic heterocycles. The van der Waals surface area contributed by atoms with E-state index in [0.29, 0.717) is 5.56 Å². The topological polar surface area (TPSA) is 155 Å². The smallest absolute Gasteiger partial charge is 0.456 e. The van der Waals surface area contributed by atoms with E-state index in [1.54, 1.807) is 67.6 Å². The van der Waals surface area contributed by atoms with E-state index in [4.69, 9.17) is 18.3 Å². The van der Waals surface area contributed by atoms with Crippen molar-refractivity contribution in [2.24, 2.45) is 11.8 Å². The van der Waals surface area contributed by atoms with Gasteiger partial charge >= 0.3 is 13.8 Å². The Kier molecular flexibility index (Phi) is 8.28. The number of esters is 1. The van der Waals surface area contributed by atoms with Crippen LogP contribution in [0.2, 0.25) is 0 Å². The minimum absolute atomic E-state index is 0.113. The number of nitrogens with zero attached hydrogens (tertiary/aromatic N) is 2. The van der Waals surface area contributed by atoms with Crippen molar-refractivity contribution in [2.45, 2.75) is 26.0 Å². The first-order valence-corrected chi connectivity index (χ1v) is 14.5. The SMILES string of the molecule is C[C@H]1C(OP(=O)(Oc2ccccc2)Oc2ccccc2)=C(C(=O)OCc2ccc([N+](=O)[O-])cc2)N2C(=O)[C@@H](CCO)[C@@H]12. The fraction of sp³-hybridized carbons (Fsp3) is 0.241. The van der Waals surface area contributed by atoms with E-state index in [2.05, 4.69) is 0 Å². The van der Waals surface area contributed by atoms with Crippen LogP contribution in [-0.4, -0.2) is 39.5 Å². The average Bonchev–Trinajstić information content (AvgIpc) is 3.23. The lowest BCUT2D eigenvalue weighted by Crippen LogP contribution is -2.60. The van der Waals surface area contributed by atoms with Gasteiger partial charge in [0.25, 0.3) is 5.69 Å². The molecule has 13 heteroatoms. The van der Waals surface area contributed by atoms with E-state index in [1.165, 1.54) is 29.2 Å². The van der Waals surface area contributed by atoms with Crippen molar-refractivity contribution in [3.05, 3.63) is 112 Å². The first-order valence-electron chi connectivity index (χ1n) is 13.1. The van der Waals surface area contributed by atoms with Crippen LogP contribution in [0.4, 0.5) is 5.69 Å². The maximum Gasteiger partial charge on any atom is 0.646 e. The lowest BCUT2D eigenvalue weighted by atomic mass is 9.80. The quantitative estimate of drug-likeness (QED) is 0.0997. The molecule has 1 fully saturated rings. The Morgan fingerprint density at radius 3 is 2.05 bits per heavy atom. The third-order valence-electron chi connectivity index (χ3n) is 6.95. The molecule has 1 saturated heterocycles. The normalized spacial score (nSPS) is 19.5. The monoisotopic (exact) mass is 594 g/mol. The molecule has 3 aromatic rings. The number of nitro benzene ring substituents is 1. The van der Waals surface area contributed by atoms with Crippen molar-refractivity contribution in [1.82, 2.24) is 4.90 Å². The predicted octanol–water partition coefficient (Wildman–Crippen LogP) is 4.99. The van der Waals surface area contributed by atoms with Gasteiger partial charge in [0.1, 0.15) is 23.9 Å². The number of aliphatic hydroxyl groups is 1. The van der Waals surface area contributed by atoms with Gasteiger partial charge in [0.2, 0.25) is 5.91 Å². The van der Waals surface area contributed by atoms with Crippen LogP contribution in [0.3, 0.4) is 0 Å². The summed E-state index contributed by atoms with van der Waals surface area (Å²) in [6.45, 7) is 1.21. The minimum atomic E-state index is -4.52. The Bertz CT molecular complexity index is 1500. The zero-order valence-corrected chi connectivity index (χ0v) is 23.3. The van der Waals surface area contributed by atoms with Crippen molar-refractivity contribution >= 4 is 25.4 Å². The molecule has 0 aliphatic carbocycles. The predicted molar refractivity (Wildman–Crippen MR) is 148 cm³/mol. The number of fused-ring (bicyclic) bond motifs is 1. The summed E-state index contributed by atoms with van der Waals surface area (Å²) in [4.78, 5) is 38.2. The Morgan fingerprint density at radius 1 is 0.952 bits per heavy atom. The van der Waals surface area contributed by atoms with Crippen LogP contribution >= 0.6 is 7.82 Å². The fourth-order valence-corrected chi connectivity index (χ4v) is 6.34. The molecule has 0 radical (unpaired) electrons. The first-order chi connectivity index (χ1) is 20.2. The number of benzene rings is 3. The highest BCUT2D eigenvalue weighted by Gasteiger charge is 2.60. The number of para-hydroxylation sites is 2. The summed E-state index contributed by atoms with van der Waals surface area (Å²) in [6.07, 6.45) is 0.168. The number of phosphoric acid groups is 1. The van der Waals surface area contributed by atoms with Crippen LogP contribution in [0.25, 0.3) is 0 Å². The highest BCUT2D eigenvalue weighted by molar-refractivity contribution is 7.49. The van der Waals surface area contributed by atoms with Crippen LogP contribution in [0.5, 0.6) is 11.5 Å². The molecule has 1 N–H and O–H groups in total. The summed E-state index contributed by atoms with van der Waals surface area (Å²) in [5, 5.41) is 20.5. The van der Waals surface area contributed by atoms with Crippen molar-refractivity contribution in [3.63, 3.8) is 0 Å². The molecule has 0 aromatic heterocycles. The highest BCUT2D eigenvalue weighted by Crippen LogP contribution is 2.57. The number of rotatable bonds is 12. The van der Waals surface area contributed by atoms with Crippen molar-refractivity contribution in [2.75, 3.05) is 6.61 Å². The first kappa shape index (κ1) is 28.8. The number of carbonyl (C=O) groups is 2. The van der Waals surface area contributed by atoms with Gasteiger partial charge in [-0.3, -0.25) is 19.8 Å². The number of β-lactam (4-membered cyclic amide) rings is 1. The Labute approximate surface area is 240 Å². The van der Waals surface area contributed by atoms with Gasteiger partial charge in [-0.15, -0.1) is 0 Å². The third-order valence-corrected chi connectivity index (χ3v) is 8.24. The van der Waals surface area contributed by atoms with Crippen LogP contribution in [0.1, 0.15) is 18.9 Å². The highest BCUT2D eigenvalue weighted by atomic mass is 31.2. The zero-order valence-electron chi connectivity index (χ0n) is 22.4. The molecule has 0 saturated carbocycles. The molecule has 1 amide bonds. The molecule has 218 valence electrons. The number of non-ortho nitro benzene ring substituents is 1. The van der Waals surface area contributed by atoms with Crippen molar-refractivity contribution < 1.29 is 42.5 Å². The number of aliphatic hydroxyl groups excluding tert-OH is 1. The van der Waals surface area contributed by atoms with Crippen molar-refractivity contribution in [3.8, 4) is 11.5 Å². The van der Waals surface area contributed by atoms with Gasteiger partial charge in [0.15, 0.2) is 5.70 Å². The van der Waals surface area contributed by atoms with Gasteiger partial charge in [-0.1, -0.05) is 43.3 Å². The molecule has 12 nitrogen and oxygen atoms in total. The fourth-order valence-electron chi connectivity index (χ4n) is 4.98. The minimum Gasteiger partial charge on any atom is -0.456 e. The largest absolute Gasteiger partial charge is 0.646 e. The summed E-state index contributed by atoms with van der Waals surface area (Å²) in [5.74, 6) is -2.31. The number of amides is 1. The van der Waals surface area contributed by atoms with E-state index < -0.39 is 42.5 Å². The van der Waals surface area contributed by atoms with Gasteiger partial charge in [0.05, 0.1) is 16.9 Å². The van der Waals surface area contributed by atoms with E-state index in [-0.39, 0.29) is 48.3 Å². The second-order valence-electron chi connectivity index (χ2n) is 9.67. The number of ether oxygens (including phenoxy) is 1. The van der Waals surface area contributed by atoms with E-state index in [9.17, 15) is 29.4 Å². The summed E-state index contributed by atoms with van der Waals surface area (Å²) < 4.78 is 37.0. The average molecular weight is 595 g/mol. The molecular formula is C29H27N2O10P. The third kappa shape index (κ3) is 5.86. The molecule has 0 bridgehead atoms. The molecule has 3 aromatic carbocycles. The summed E-state index contributed by atoms with van der Waals surface area (Å²) in [6, 6.07) is 21.3. The van der Waals surface area contributed by atoms with E-state index >= 15 is 0 Å². The van der Waals surface area contributed by atoms with Crippen LogP contribution < -0.4 is 9.05 Å². The number of nitro groups is 1. The second kappa shape index (κ2) is 12.1. The molecule has 2 aliphatic rings. The molecule has 5 rings (SSSR count). The van der Waals surface area contributed by atoms with Gasteiger partial charge < -0.3 is 23.4 Å². The van der Waals surface area contributed by atoms with Gasteiger partial charge in [0, 0.05) is 24.7 Å². The molecule has 0 spiro atoms. The second-order valence-corrected chi connectivity index (χ2v) is 11.1. The Morgan fingerprint density at radius 2 is 1.52 bits per heavy atom. The number of hydrogen-bond donors (Lipinski definition) is 1. The van der Waals surface area contributed by atoms with E-state index in [1.807, 2.05) is 0 Å². The zero-order chi connectivity index (χ0) is 29.9. The lowest BCUT2D eigenvalue weighted by molar-refractivity contribution is -0.384. The molecule has 2 heterocycles. The van der Waals surface area contributed by atoms with Gasteiger partial charge in [-0.25, -0.2) is 4.79 Å². The number of phosphoric ester groups is 1. The number of carbonyl (C=O) groups excluding carboxylic acids is 2. The van der Waals surface area contributed by atoms with Crippen LogP contribution in [0.15, 0.2) is 96.4 Å². The maximum absolute atomic E-state index is 14.2. The van der Waals surface area contributed by atoms with Crippen LogP contribution in [0, 0.1) is 22.0 Å². The molecule has 42 heavy (non-hydrogen) atoms. The molecule has 0 unspecified atom stereocenters. The lowest BCUT2D eigenvalue weighted by Gasteiger charge is -2.44. The summed E-state index contributed by atoms with van der Waals surface area (Å²) in [7, 11) is -4.52. The summed E-state index contributed by atoms with van der Waals surface area (Å²) >= 11 is 0. The Hall–Kier alpha value is -4.67. The van der Waals surface area contributed by atoms with Crippen LogP contribution in [-0.2, 0) is 30.0 Å². The molecular weight excluding hydrogens is 567 g/mol. The summed E-state index contributed by atoms with van der Waals surface area (Å²) in [5.41, 5.74) is 0.102. The van der Waals surface area contributed by atoms with Gasteiger partial charge in [-0.2, -0.15) is 4.57 Å².